The molecule has 1 unspecified atom stereocenters. The lowest BCUT2D eigenvalue weighted by Crippen LogP contribution is -2.56. The fourth-order valence-corrected chi connectivity index (χ4v) is 2.80. The van der Waals surface area contributed by atoms with Crippen molar-refractivity contribution in [1.82, 2.24) is 10.2 Å². The molecule has 0 spiro atoms. The Labute approximate surface area is 106 Å². The summed E-state index contributed by atoms with van der Waals surface area (Å²) >= 11 is 0. The van der Waals surface area contributed by atoms with E-state index in [-0.39, 0.29) is 5.54 Å². The van der Waals surface area contributed by atoms with Gasteiger partial charge in [-0.25, -0.2) is 0 Å². The van der Waals surface area contributed by atoms with Crippen molar-refractivity contribution < 1.29 is 4.74 Å². The van der Waals surface area contributed by atoms with Gasteiger partial charge in [0.1, 0.15) is 0 Å². The first-order valence-corrected chi connectivity index (χ1v) is 7.19. The molecule has 3 nitrogen and oxygen atoms in total. The van der Waals surface area contributed by atoms with Crippen molar-refractivity contribution in [1.29, 1.82) is 0 Å². The van der Waals surface area contributed by atoms with Gasteiger partial charge in [0.2, 0.25) is 0 Å². The average molecular weight is 240 g/mol. The third-order valence-electron chi connectivity index (χ3n) is 4.29. The van der Waals surface area contributed by atoms with Crippen molar-refractivity contribution in [2.45, 2.75) is 51.6 Å². The molecule has 0 aromatic rings. The predicted octanol–water partition coefficient (Wildman–Crippen LogP) is 1.88. The molecule has 0 aromatic carbocycles. The lowest BCUT2D eigenvalue weighted by atomic mass is 10.0. The van der Waals surface area contributed by atoms with E-state index < -0.39 is 0 Å². The minimum Gasteiger partial charge on any atom is -0.379 e. The smallest absolute Gasteiger partial charge is 0.0594 e. The molecule has 1 heterocycles. The third kappa shape index (κ3) is 3.67. The standard InChI is InChI=1S/C14H28N2O/c1-4-13(12-5-6-12)15-11-14(2,3)16-7-9-17-10-8-16/h12-13,15H,4-11H2,1-3H3. The Morgan fingerprint density at radius 3 is 2.47 bits per heavy atom. The number of nitrogens with zero attached hydrogens (tertiary/aromatic N) is 1. The van der Waals surface area contributed by atoms with E-state index in [1.807, 2.05) is 0 Å². The van der Waals surface area contributed by atoms with Gasteiger partial charge in [-0.1, -0.05) is 6.92 Å². The fourth-order valence-electron chi connectivity index (χ4n) is 2.80. The first-order chi connectivity index (χ1) is 8.13. The van der Waals surface area contributed by atoms with Crippen LogP contribution in [0.25, 0.3) is 0 Å². The summed E-state index contributed by atoms with van der Waals surface area (Å²) < 4.78 is 5.43. The van der Waals surface area contributed by atoms with Gasteiger partial charge in [0.05, 0.1) is 13.2 Å². The van der Waals surface area contributed by atoms with Crippen molar-refractivity contribution in [2.24, 2.45) is 5.92 Å². The molecule has 2 fully saturated rings. The van der Waals surface area contributed by atoms with Crippen LogP contribution in [0.5, 0.6) is 0 Å². The van der Waals surface area contributed by atoms with Gasteiger partial charge < -0.3 is 10.1 Å². The van der Waals surface area contributed by atoms with Crippen LogP contribution in [0.2, 0.25) is 0 Å². The van der Waals surface area contributed by atoms with Gasteiger partial charge in [-0.15, -0.1) is 0 Å². The molecule has 1 N–H and O–H groups in total. The summed E-state index contributed by atoms with van der Waals surface area (Å²) in [4.78, 5) is 2.56. The molecule has 1 aliphatic carbocycles. The van der Waals surface area contributed by atoms with Crippen LogP contribution in [0.15, 0.2) is 0 Å². The second-order valence-corrected chi connectivity index (χ2v) is 6.14. The molecule has 1 saturated heterocycles. The third-order valence-corrected chi connectivity index (χ3v) is 4.29. The minimum absolute atomic E-state index is 0.256. The number of hydrogen-bond acceptors (Lipinski definition) is 3. The van der Waals surface area contributed by atoms with Crippen LogP contribution in [0.1, 0.15) is 40.0 Å². The zero-order valence-electron chi connectivity index (χ0n) is 11.7. The molecule has 0 aromatic heterocycles. The summed E-state index contributed by atoms with van der Waals surface area (Å²) in [7, 11) is 0. The average Bonchev–Trinajstić information content (AvgIpc) is 3.15. The van der Waals surface area contributed by atoms with E-state index in [0.29, 0.717) is 0 Å². The van der Waals surface area contributed by atoms with Gasteiger partial charge in [0.25, 0.3) is 0 Å². The van der Waals surface area contributed by atoms with E-state index in [2.05, 4.69) is 31.0 Å². The Balaban J connectivity index is 1.78. The number of morpholine rings is 1. The highest BCUT2D eigenvalue weighted by Gasteiger charge is 2.33. The largest absolute Gasteiger partial charge is 0.379 e. The molecule has 1 atom stereocenters. The Morgan fingerprint density at radius 2 is 1.94 bits per heavy atom. The maximum absolute atomic E-state index is 5.43. The van der Waals surface area contributed by atoms with Crippen LogP contribution in [0, 0.1) is 5.92 Å². The highest BCUT2D eigenvalue weighted by Crippen LogP contribution is 2.34. The van der Waals surface area contributed by atoms with Gasteiger partial charge in [0.15, 0.2) is 0 Å². The van der Waals surface area contributed by atoms with Gasteiger partial charge >= 0.3 is 0 Å². The van der Waals surface area contributed by atoms with Crippen molar-refractivity contribution >= 4 is 0 Å². The number of ether oxygens (including phenoxy) is 1. The Hall–Kier alpha value is -0.120. The van der Waals surface area contributed by atoms with Crippen LogP contribution in [0.4, 0.5) is 0 Å². The second kappa shape index (κ2) is 5.68. The lowest BCUT2D eigenvalue weighted by Gasteiger charge is -2.41. The first-order valence-electron chi connectivity index (χ1n) is 7.19. The van der Waals surface area contributed by atoms with Gasteiger partial charge in [-0.3, -0.25) is 4.90 Å². The van der Waals surface area contributed by atoms with Crippen LogP contribution in [-0.2, 0) is 4.74 Å². The summed E-state index contributed by atoms with van der Waals surface area (Å²) in [5.74, 6) is 0.959. The van der Waals surface area contributed by atoms with E-state index in [9.17, 15) is 0 Å². The predicted molar refractivity (Wildman–Crippen MR) is 71.3 cm³/mol. The SMILES string of the molecule is CCC(NCC(C)(C)N1CCOCC1)C1CC1. The lowest BCUT2D eigenvalue weighted by molar-refractivity contribution is -0.0106. The normalized spacial score (nSPS) is 24.9. The van der Waals surface area contributed by atoms with E-state index in [1.54, 1.807) is 0 Å². The summed E-state index contributed by atoms with van der Waals surface area (Å²) in [5, 5.41) is 3.79. The zero-order valence-corrected chi connectivity index (χ0v) is 11.7. The molecule has 2 aliphatic rings. The van der Waals surface area contributed by atoms with Crippen molar-refractivity contribution in [3.05, 3.63) is 0 Å². The number of nitrogens with one attached hydrogen (secondary N) is 1. The van der Waals surface area contributed by atoms with Crippen LogP contribution >= 0.6 is 0 Å². The monoisotopic (exact) mass is 240 g/mol. The van der Waals surface area contributed by atoms with E-state index in [4.69, 9.17) is 4.74 Å². The molecule has 0 radical (unpaired) electrons. The van der Waals surface area contributed by atoms with Gasteiger partial charge in [-0.2, -0.15) is 0 Å². The van der Waals surface area contributed by atoms with E-state index >= 15 is 0 Å². The fraction of sp³-hybridized carbons (Fsp3) is 1.00. The molecular weight excluding hydrogens is 212 g/mol. The summed E-state index contributed by atoms with van der Waals surface area (Å²) in [6, 6.07) is 0.746. The molecular formula is C14H28N2O. The van der Waals surface area contributed by atoms with Crippen molar-refractivity contribution in [3.8, 4) is 0 Å². The molecule has 1 saturated carbocycles. The van der Waals surface area contributed by atoms with Gasteiger partial charge in [-0.05, 0) is 39.0 Å². The highest BCUT2D eigenvalue weighted by molar-refractivity contribution is 4.90. The molecule has 17 heavy (non-hydrogen) atoms. The Kier molecular flexibility index (Phi) is 4.45. The topological polar surface area (TPSA) is 24.5 Å². The summed E-state index contributed by atoms with van der Waals surface area (Å²) in [6.45, 7) is 12.0. The van der Waals surface area contributed by atoms with Crippen LogP contribution < -0.4 is 5.32 Å². The zero-order chi connectivity index (χ0) is 12.3. The quantitative estimate of drug-likeness (QED) is 0.767. The molecule has 2 rings (SSSR count). The molecule has 3 heteroatoms. The van der Waals surface area contributed by atoms with Crippen LogP contribution in [0.3, 0.4) is 0 Å². The van der Waals surface area contributed by atoms with Crippen LogP contribution in [-0.4, -0.2) is 49.3 Å². The van der Waals surface area contributed by atoms with Crippen molar-refractivity contribution in [2.75, 3.05) is 32.8 Å². The number of hydrogen-bond donors (Lipinski definition) is 1. The number of rotatable bonds is 6. The Bertz CT molecular complexity index is 232. The van der Waals surface area contributed by atoms with E-state index in [1.165, 1.54) is 19.3 Å². The van der Waals surface area contributed by atoms with Crippen molar-refractivity contribution in [3.63, 3.8) is 0 Å². The minimum atomic E-state index is 0.256. The highest BCUT2D eigenvalue weighted by atomic mass is 16.5. The first kappa shape index (κ1) is 13.3. The molecule has 0 bridgehead atoms. The summed E-state index contributed by atoms with van der Waals surface area (Å²) in [5.41, 5.74) is 0.256. The maximum Gasteiger partial charge on any atom is 0.0594 e. The molecule has 100 valence electrons. The summed E-state index contributed by atoms with van der Waals surface area (Å²) in [6.07, 6.45) is 4.14. The van der Waals surface area contributed by atoms with E-state index in [0.717, 1.165) is 44.8 Å². The van der Waals surface area contributed by atoms with Gasteiger partial charge in [0, 0.05) is 31.2 Å². The molecule has 0 amide bonds. The second-order valence-electron chi connectivity index (χ2n) is 6.14. The Morgan fingerprint density at radius 1 is 1.29 bits per heavy atom. The molecule has 1 aliphatic heterocycles. The maximum atomic E-state index is 5.43.